The molecule has 1 aromatic carbocycles. The van der Waals surface area contributed by atoms with Crippen molar-refractivity contribution in [2.75, 3.05) is 0 Å². The van der Waals surface area contributed by atoms with Gasteiger partial charge in [0.05, 0.1) is 0 Å². The van der Waals surface area contributed by atoms with Gasteiger partial charge in [-0.15, -0.1) is 0 Å². The van der Waals surface area contributed by atoms with E-state index in [1.165, 1.54) is 5.56 Å². The molecule has 4 nitrogen and oxygen atoms in total. The molecule has 0 saturated carbocycles. The van der Waals surface area contributed by atoms with E-state index in [1.807, 2.05) is 19.9 Å². The first-order valence-corrected chi connectivity index (χ1v) is 6.71. The molecule has 0 radical (unpaired) electrons. The highest BCUT2D eigenvalue weighted by molar-refractivity contribution is 5.80. The molecule has 19 heavy (non-hydrogen) atoms. The van der Waals surface area contributed by atoms with E-state index in [4.69, 9.17) is 15.7 Å². The molecule has 3 N–H and O–H groups in total. The molecular weight excluding hydrogens is 240 g/mol. The number of oxime groups is 1. The molecule has 0 aromatic heterocycles. The highest BCUT2D eigenvalue weighted by atomic mass is 16.5. The molecule has 4 heteroatoms. The summed E-state index contributed by atoms with van der Waals surface area (Å²) in [5.41, 5.74) is 7.90. The average Bonchev–Trinajstić information content (AvgIpc) is 2.37. The summed E-state index contributed by atoms with van der Waals surface area (Å²) in [6.45, 7) is 8.35. The summed E-state index contributed by atoms with van der Waals surface area (Å²) in [6.07, 6.45) is 1.16. The fourth-order valence-electron chi connectivity index (χ4n) is 1.94. The maximum atomic E-state index is 8.64. The SMILES string of the molecule is CCC(C/C(N)=N/O)Oc1cc(C)ccc1C(C)C. The topological polar surface area (TPSA) is 67.8 Å². The monoisotopic (exact) mass is 264 g/mol. The maximum Gasteiger partial charge on any atom is 0.142 e. The lowest BCUT2D eigenvalue weighted by Crippen LogP contribution is -2.25. The van der Waals surface area contributed by atoms with Crippen molar-refractivity contribution in [1.82, 2.24) is 0 Å². The van der Waals surface area contributed by atoms with Gasteiger partial charge in [0.2, 0.25) is 0 Å². The number of rotatable bonds is 6. The number of nitrogens with two attached hydrogens (primary N) is 1. The number of hydrogen-bond acceptors (Lipinski definition) is 3. The van der Waals surface area contributed by atoms with Crippen LogP contribution in [0, 0.1) is 6.92 Å². The summed E-state index contributed by atoms with van der Waals surface area (Å²) < 4.78 is 6.04. The highest BCUT2D eigenvalue weighted by Gasteiger charge is 2.15. The zero-order chi connectivity index (χ0) is 14.4. The van der Waals surface area contributed by atoms with E-state index in [9.17, 15) is 0 Å². The number of nitrogens with zero attached hydrogens (tertiary/aromatic N) is 1. The standard InChI is InChI=1S/C15H24N2O2/c1-5-12(9-15(16)17-18)19-14-8-11(4)6-7-13(14)10(2)3/h6-8,10,12,18H,5,9H2,1-4H3,(H2,16,17). The Morgan fingerprint density at radius 3 is 2.63 bits per heavy atom. The van der Waals surface area contributed by atoms with E-state index in [0.717, 1.165) is 17.7 Å². The fraction of sp³-hybridized carbons (Fsp3) is 0.533. The van der Waals surface area contributed by atoms with Crippen LogP contribution < -0.4 is 10.5 Å². The first kappa shape index (κ1) is 15.3. The Morgan fingerprint density at radius 1 is 1.42 bits per heavy atom. The van der Waals surface area contributed by atoms with Crippen molar-refractivity contribution in [2.45, 2.75) is 52.6 Å². The second-order valence-corrected chi connectivity index (χ2v) is 5.14. The summed E-state index contributed by atoms with van der Waals surface area (Å²) in [5.74, 6) is 1.50. The van der Waals surface area contributed by atoms with E-state index in [0.29, 0.717) is 12.3 Å². The molecule has 1 rings (SSSR count). The van der Waals surface area contributed by atoms with Crippen molar-refractivity contribution in [3.05, 3.63) is 29.3 Å². The van der Waals surface area contributed by atoms with E-state index < -0.39 is 0 Å². The molecule has 0 bridgehead atoms. The van der Waals surface area contributed by atoms with Gasteiger partial charge < -0.3 is 15.7 Å². The smallest absolute Gasteiger partial charge is 0.142 e. The summed E-state index contributed by atoms with van der Waals surface area (Å²) in [4.78, 5) is 0. The van der Waals surface area contributed by atoms with Crippen LogP contribution in [0.1, 0.15) is 50.7 Å². The summed E-state index contributed by atoms with van der Waals surface area (Å²) in [5, 5.41) is 11.6. The van der Waals surface area contributed by atoms with Gasteiger partial charge in [0.1, 0.15) is 17.7 Å². The number of hydrogen-bond donors (Lipinski definition) is 2. The molecule has 0 fully saturated rings. The van der Waals surface area contributed by atoms with Gasteiger partial charge in [0.15, 0.2) is 0 Å². The largest absolute Gasteiger partial charge is 0.490 e. The Balaban J connectivity index is 2.92. The molecule has 106 valence electrons. The Kier molecular flexibility index (Phi) is 5.67. The van der Waals surface area contributed by atoms with Crippen LogP contribution in [0.4, 0.5) is 0 Å². The molecule has 1 unspecified atom stereocenters. The minimum absolute atomic E-state index is 0.0739. The van der Waals surface area contributed by atoms with Crippen molar-refractivity contribution < 1.29 is 9.94 Å². The van der Waals surface area contributed by atoms with Crippen molar-refractivity contribution in [3.63, 3.8) is 0 Å². The second-order valence-electron chi connectivity index (χ2n) is 5.14. The Labute approximate surface area is 115 Å². The van der Waals surface area contributed by atoms with Gasteiger partial charge >= 0.3 is 0 Å². The third kappa shape index (κ3) is 4.47. The molecule has 0 amide bonds. The zero-order valence-electron chi connectivity index (χ0n) is 12.2. The van der Waals surface area contributed by atoms with Gasteiger partial charge in [-0.25, -0.2) is 0 Å². The van der Waals surface area contributed by atoms with Crippen LogP contribution in [0.25, 0.3) is 0 Å². The van der Waals surface area contributed by atoms with Gasteiger partial charge in [0.25, 0.3) is 0 Å². The van der Waals surface area contributed by atoms with Gasteiger partial charge in [-0.2, -0.15) is 0 Å². The molecule has 0 spiro atoms. The normalized spacial score (nSPS) is 13.6. The van der Waals surface area contributed by atoms with Crippen molar-refractivity contribution in [3.8, 4) is 5.75 Å². The molecule has 1 atom stereocenters. The van der Waals surface area contributed by atoms with Gasteiger partial charge in [-0.3, -0.25) is 0 Å². The van der Waals surface area contributed by atoms with E-state index in [1.54, 1.807) is 0 Å². The van der Waals surface area contributed by atoms with Gasteiger partial charge in [-0.1, -0.05) is 38.1 Å². The van der Waals surface area contributed by atoms with E-state index in [-0.39, 0.29) is 11.9 Å². The lowest BCUT2D eigenvalue weighted by Gasteiger charge is -2.21. The Morgan fingerprint density at radius 2 is 2.11 bits per heavy atom. The van der Waals surface area contributed by atoms with Crippen molar-refractivity contribution in [2.24, 2.45) is 10.9 Å². The molecule has 0 aliphatic rings. The van der Waals surface area contributed by atoms with Crippen LogP contribution in [-0.2, 0) is 0 Å². The van der Waals surface area contributed by atoms with Crippen LogP contribution in [0.15, 0.2) is 23.4 Å². The van der Waals surface area contributed by atoms with E-state index in [2.05, 4.69) is 31.1 Å². The van der Waals surface area contributed by atoms with Gasteiger partial charge in [0, 0.05) is 6.42 Å². The summed E-state index contributed by atoms with van der Waals surface area (Å²) >= 11 is 0. The zero-order valence-corrected chi connectivity index (χ0v) is 12.2. The molecule has 0 aliphatic carbocycles. The predicted octanol–water partition coefficient (Wildman–Crippen LogP) is 3.41. The quantitative estimate of drug-likeness (QED) is 0.358. The fourth-order valence-corrected chi connectivity index (χ4v) is 1.94. The van der Waals surface area contributed by atoms with Crippen LogP contribution in [0.5, 0.6) is 5.75 Å². The maximum absolute atomic E-state index is 8.64. The first-order valence-electron chi connectivity index (χ1n) is 6.71. The lowest BCUT2D eigenvalue weighted by atomic mass is 10.0. The van der Waals surface area contributed by atoms with Crippen LogP contribution in [-0.4, -0.2) is 17.1 Å². The molecule has 0 saturated heterocycles. The van der Waals surface area contributed by atoms with E-state index >= 15 is 0 Å². The van der Waals surface area contributed by atoms with Crippen molar-refractivity contribution in [1.29, 1.82) is 0 Å². The minimum Gasteiger partial charge on any atom is -0.490 e. The Hall–Kier alpha value is -1.71. The first-order chi connectivity index (χ1) is 8.97. The van der Waals surface area contributed by atoms with Crippen molar-refractivity contribution >= 4 is 5.84 Å². The number of amidine groups is 1. The second kappa shape index (κ2) is 7.02. The molecular formula is C15H24N2O2. The third-order valence-corrected chi connectivity index (χ3v) is 3.11. The summed E-state index contributed by atoms with van der Waals surface area (Å²) in [6, 6.07) is 6.24. The minimum atomic E-state index is -0.0739. The van der Waals surface area contributed by atoms with Gasteiger partial charge in [-0.05, 0) is 36.5 Å². The lowest BCUT2D eigenvalue weighted by molar-refractivity contribution is 0.200. The number of aryl methyl sites for hydroxylation is 1. The predicted molar refractivity (Wildman–Crippen MR) is 78.0 cm³/mol. The molecule has 0 heterocycles. The van der Waals surface area contributed by atoms with Crippen LogP contribution in [0.3, 0.4) is 0 Å². The third-order valence-electron chi connectivity index (χ3n) is 3.11. The number of benzene rings is 1. The average molecular weight is 264 g/mol. The highest BCUT2D eigenvalue weighted by Crippen LogP contribution is 2.29. The van der Waals surface area contributed by atoms with Crippen LogP contribution >= 0.6 is 0 Å². The molecule has 0 aliphatic heterocycles. The molecule has 1 aromatic rings. The Bertz CT molecular complexity index is 442. The van der Waals surface area contributed by atoms with Crippen LogP contribution in [0.2, 0.25) is 0 Å². The summed E-state index contributed by atoms with van der Waals surface area (Å²) in [7, 11) is 0. The number of ether oxygens (including phenoxy) is 1.